The van der Waals surface area contributed by atoms with E-state index in [2.05, 4.69) is 5.32 Å². The van der Waals surface area contributed by atoms with Gasteiger partial charge in [0.25, 0.3) is 0 Å². The van der Waals surface area contributed by atoms with Crippen molar-refractivity contribution in [3.63, 3.8) is 0 Å². The Bertz CT molecular complexity index is 823. The van der Waals surface area contributed by atoms with E-state index in [1.54, 1.807) is 11.0 Å². The molecule has 162 valence electrons. The summed E-state index contributed by atoms with van der Waals surface area (Å²) in [6, 6.07) is 3.03. The molecule has 0 spiro atoms. The highest BCUT2D eigenvalue weighted by Crippen LogP contribution is 2.56. The molecule has 3 atom stereocenters. The summed E-state index contributed by atoms with van der Waals surface area (Å²) in [6.45, 7) is 2.68. The third-order valence-electron chi connectivity index (χ3n) is 5.91. The Morgan fingerprint density at radius 3 is 2.67 bits per heavy atom. The average molecular weight is 420 g/mol. The summed E-state index contributed by atoms with van der Waals surface area (Å²) in [7, 11) is -1.51. The van der Waals surface area contributed by atoms with Crippen LogP contribution in [0.5, 0.6) is 11.5 Å². The van der Waals surface area contributed by atoms with Crippen LogP contribution < -0.4 is 10.1 Å². The van der Waals surface area contributed by atoms with Gasteiger partial charge < -0.3 is 40.0 Å². The lowest BCUT2D eigenvalue weighted by Crippen LogP contribution is -2.57. The lowest BCUT2D eigenvalue weighted by atomic mass is 9.81. The number of aromatic carboxylic acids is 1. The van der Waals surface area contributed by atoms with Gasteiger partial charge in [-0.3, -0.25) is 4.79 Å². The van der Waals surface area contributed by atoms with Gasteiger partial charge in [0, 0.05) is 18.9 Å². The van der Waals surface area contributed by atoms with Crippen LogP contribution in [0.2, 0.25) is 5.82 Å². The van der Waals surface area contributed by atoms with E-state index < -0.39 is 24.7 Å². The molecule has 1 aromatic carbocycles. The number of carbonyl (C=O) groups excluding carboxylic acids is 1. The third-order valence-corrected chi connectivity index (χ3v) is 5.91. The highest BCUT2D eigenvalue weighted by atomic mass is 16.5. The van der Waals surface area contributed by atoms with E-state index in [0.717, 1.165) is 6.54 Å². The van der Waals surface area contributed by atoms with Crippen molar-refractivity contribution in [2.45, 2.75) is 36.8 Å². The fraction of sp³-hybridized carbons (Fsp3) is 0.579. The van der Waals surface area contributed by atoms with E-state index in [0.29, 0.717) is 38.2 Å². The summed E-state index contributed by atoms with van der Waals surface area (Å²) in [5, 5.41) is 41.7. The maximum Gasteiger partial charge on any atom is 0.455 e. The zero-order valence-corrected chi connectivity index (χ0v) is 16.4. The molecule has 2 saturated heterocycles. The first-order chi connectivity index (χ1) is 14.3. The fourth-order valence-corrected chi connectivity index (χ4v) is 4.07. The summed E-state index contributed by atoms with van der Waals surface area (Å²) in [6.07, 6.45) is 0.243. The number of hydrogen-bond acceptors (Lipinski definition) is 8. The molecule has 0 bridgehead atoms. The minimum absolute atomic E-state index is 0.0300. The van der Waals surface area contributed by atoms with Gasteiger partial charge in [-0.15, -0.1) is 0 Å². The van der Waals surface area contributed by atoms with Crippen molar-refractivity contribution in [2.75, 3.05) is 32.8 Å². The number of carbonyl (C=O) groups is 2. The zero-order valence-electron chi connectivity index (χ0n) is 16.4. The smallest absolute Gasteiger partial charge is 0.455 e. The van der Waals surface area contributed by atoms with Crippen molar-refractivity contribution in [3.05, 3.63) is 23.3 Å². The van der Waals surface area contributed by atoms with Gasteiger partial charge in [-0.25, -0.2) is 4.79 Å². The molecule has 3 aliphatic rings. The molecule has 4 rings (SSSR count). The van der Waals surface area contributed by atoms with E-state index >= 15 is 0 Å². The number of benzene rings is 1. The number of ether oxygens (including phenoxy) is 2. The molecule has 30 heavy (non-hydrogen) atoms. The summed E-state index contributed by atoms with van der Waals surface area (Å²) in [4.78, 5) is 25.7. The van der Waals surface area contributed by atoms with E-state index in [9.17, 15) is 29.9 Å². The molecule has 3 fully saturated rings. The third kappa shape index (κ3) is 4.24. The van der Waals surface area contributed by atoms with Crippen LogP contribution in [-0.2, 0) is 9.53 Å². The fourth-order valence-electron chi connectivity index (χ4n) is 4.07. The van der Waals surface area contributed by atoms with Crippen LogP contribution >= 0.6 is 0 Å². The molecule has 2 heterocycles. The first-order valence-electron chi connectivity index (χ1n) is 10.1. The van der Waals surface area contributed by atoms with Crippen molar-refractivity contribution in [1.82, 2.24) is 10.2 Å². The number of amides is 1. The van der Waals surface area contributed by atoms with Gasteiger partial charge >= 0.3 is 13.1 Å². The van der Waals surface area contributed by atoms with Gasteiger partial charge in [0.15, 0.2) is 0 Å². The molecular formula is C19H25BN2O8. The number of nitrogens with one attached hydrogen (secondary N) is 1. The zero-order chi connectivity index (χ0) is 21.4. The van der Waals surface area contributed by atoms with Gasteiger partial charge in [0.1, 0.15) is 23.2 Å². The van der Waals surface area contributed by atoms with Crippen LogP contribution in [0.3, 0.4) is 0 Å². The maximum absolute atomic E-state index is 12.3. The quantitative estimate of drug-likeness (QED) is 0.364. The summed E-state index contributed by atoms with van der Waals surface area (Å²) < 4.78 is 11.3. The average Bonchev–Trinajstić information content (AvgIpc) is 3.45. The normalized spacial score (nSPS) is 26.1. The van der Waals surface area contributed by atoms with E-state index in [-0.39, 0.29) is 41.8 Å². The van der Waals surface area contributed by atoms with Crippen LogP contribution in [0.4, 0.5) is 0 Å². The van der Waals surface area contributed by atoms with Gasteiger partial charge in [-0.05, 0) is 24.0 Å². The Morgan fingerprint density at radius 1 is 1.30 bits per heavy atom. The molecule has 11 heteroatoms. The monoisotopic (exact) mass is 420 g/mol. The number of carboxylic acid groups (broad SMARTS) is 1. The summed E-state index contributed by atoms with van der Waals surface area (Å²) in [5.74, 6) is -2.48. The number of nitrogens with zero attached hydrogens (tertiary/aromatic N) is 1. The largest absolute Gasteiger partial charge is 0.507 e. The van der Waals surface area contributed by atoms with Crippen LogP contribution in [-0.4, -0.2) is 89.1 Å². The summed E-state index contributed by atoms with van der Waals surface area (Å²) in [5.41, 5.74) is 0.0152. The molecule has 10 nitrogen and oxygen atoms in total. The second-order valence-corrected chi connectivity index (χ2v) is 8.04. The molecule has 1 amide bonds. The molecule has 0 radical (unpaired) electrons. The second kappa shape index (κ2) is 8.42. The van der Waals surface area contributed by atoms with Crippen LogP contribution in [0.15, 0.2) is 12.1 Å². The molecule has 5 N–H and O–H groups in total. The molecule has 2 aliphatic heterocycles. The Hall–Kier alpha value is -2.34. The number of morpholine rings is 1. The minimum Gasteiger partial charge on any atom is -0.507 e. The number of phenols is 1. The van der Waals surface area contributed by atoms with Crippen LogP contribution in [0.25, 0.3) is 0 Å². The molecule has 3 unspecified atom stereocenters. The maximum atomic E-state index is 12.3. The number of aromatic hydroxyl groups is 1. The predicted octanol–water partition coefficient (Wildman–Crippen LogP) is -0.611. The predicted molar refractivity (Wildman–Crippen MR) is 105 cm³/mol. The van der Waals surface area contributed by atoms with Crippen molar-refractivity contribution in [2.24, 2.45) is 0 Å². The topological polar surface area (TPSA) is 149 Å². The molecule has 0 aromatic heterocycles. The molecule has 1 saturated carbocycles. The SMILES string of the molecule is O=C(O)c1c(OC2CN(C(=O)CC3CNCCO3)C2)ccc(C2CC2B(O)O)c1O. The van der Waals surface area contributed by atoms with Gasteiger partial charge in [-0.1, -0.05) is 6.07 Å². The molecular weight excluding hydrogens is 395 g/mol. The summed E-state index contributed by atoms with van der Waals surface area (Å²) >= 11 is 0. The van der Waals surface area contributed by atoms with E-state index in [1.165, 1.54) is 6.07 Å². The first-order valence-corrected chi connectivity index (χ1v) is 10.1. The Morgan fingerprint density at radius 2 is 2.07 bits per heavy atom. The van der Waals surface area contributed by atoms with E-state index in [4.69, 9.17) is 9.47 Å². The number of likely N-dealkylation sites (tertiary alicyclic amines) is 1. The second-order valence-electron chi connectivity index (χ2n) is 8.04. The van der Waals surface area contributed by atoms with Crippen LogP contribution in [0.1, 0.15) is 34.7 Å². The molecule has 1 aromatic rings. The van der Waals surface area contributed by atoms with Crippen molar-refractivity contribution < 1.29 is 39.3 Å². The van der Waals surface area contributed by atoms with Gasteiger partial charge in [0.05, 0.1) is 32.2 Å². The minimum atomic E-state index is -1.51. The Labute approximate surface area is 173 Å². The number of rotatable bonds is 7. The first kappa shape index (κ1) is 20.9. The van der Waals surface area contributed by atoms with Gasteiger partial charge in [0.2, 0.25) is 5.91 Å². The van der Waals surface area contributed by atoms with Crippen LogP contribution in [0, 0.1) is 0 Å². The van der Waals surface area contributed by atoms with Crippen molar-refractivity contribution in [1.29, 1.82) is 0 Å². The highest BCUT2D eigenvalue weighted by molar-refractivity contribution is 6.44. The van der Waals surface area contributed by atoms with E-state index in [1.807, 2.05) is 0 Å². The Kier molecular flexibility index (Phi) is 5.87. The highest BCUT2D eigenvalue weighted by Gasteiger charge is 2.48. The lowest BCUT2D eigenvalue weighted by Gasteiger charge is -2.40. The lowest BCUT2D eigenvalue weighted by molar-refractivity contribution is -0.143. The molecule has 1 aliphatic carbocycles. The van der Waals surface area contributed by atoms with Crippen molar-refractivity contribution in [3.8, 4) is 11.5 Å². The van der Waals surface area contributed by atoms with Crippen molar-refractivity contribution >= 4 is 19.0 Å². The number of carboxylic acids is 1. The standard InChI is InChI=1S/C19H25BN2O8/c23-16(5-10-7-21-3-4-29-10)22-8-11(9-22)30-15-2-1-12(13-6-14(13)20(27)28)18(24)17(15)19(25)26/h1-2,10-11,13-14,21,24,27-28H,3-9H2,(H,25,26). The Balaban J connectivity index is 1.36. The number of hydrogen-bond donors (Lipinski definition) is 5. The van der Waals surface area contributed by atoms with Gasteiger partial charge in [-0.2, -0.15) is 0 Å².